The molecule has 0 amide bonds. The predicted octanol–water partition coefficient (Wildman–Crippen LogP) is 4.30. The third kappa shape index (κ3) is 4.12. The van der Waals surface area contributed by atoms with E-state index >= 15 is 0 Å². The van der Waals surface area contributed by atoms with E-state index in [-0.39, 0.29) is 17.0 Å². The molecule has 0 spiro atoms. The van der Waals surface area contributed by atoms with Gasteiger partial charge in [0.15, 0.2) is 0 Å². The van der Waals surface area contributed by atoms with Crippen LogP contribution in [0.25, 0.3) is 22.0 Å². The molecule has 4 aromatic rings. The lowest BCUT2D eigenvalue weighted by Gasteiger charge is -2.18. The average molecular weight is 437 g/mol. The van der Waals surface area contributed by atoms with Gasteiger partial charge in [0.25, 0.3) is 0 Å². The summed E-state index contributed by atoms with van der Waals surface area (Å²) < 4.78 is 41.3. The van der Waals surface area contributed by atoms with E-state index in [2.05, 4.69) is 15.3 Å². The van der Waals surface area contributed by atoms with E-state index in [0.717, 1.165) is 26.3 Å². The summed E-state index contributed by atoms with van der Waals surface area (Å²) in [7, 11) is -0.497. The number of halogens is 1. The lowest BCUT2D eigenvalue weighted by molar-refractivity contribution is 0.456. The maximum Gasteiger partial charge on any atom is 0.243 e. The van der Waals surface area contributed by atoms with Crippen molar-refractivity contribution in [1.29, 1.82) is 0 Å². The molecule has 0 fully saturated rings. The van der Waals surface area contributed by atoms with Gasteiger partial charge < -0.3 is 5.32 Å². The highest BCUT2D eigenvalue weighted by Gasteiger charge is 2.22. The molecule has 1 aromatic heterocycles. The zero-order valence-corrected chi connectivity index (χ0v) is 17.9. The molecule has 6 nitrogen and oxygen atoms in total. The lowest BCUT2D eigenvalue weighted by atomic mass is 10.0. The van der Waals surface area contributed by atoms with Gasteiger partial charge in [-0.25, -0.2) is 22.8 Å². The van der Waals surface area contributed by atoms with E-state index < -0.39 is 15.8 Å². The second kappa shape index (κ2) is 8.41. The van der Waals surface area contributed by atoms with Gasteiger partial charge in [-0.15, -0.1) is 0 Å². The van der Waals surface area contributed by atoms with Crippen molar-refractivity contribution < 1.29 is 12.8 Å². The summed E-state index contributed by atoms with van der Waals surface area (Å²) in [5.74, 6) is 0.238. The van der Waals surface area contributed by atoms with Crippen molar-refractivity contribution in [2.24, 2.45) is 0 Å². The van der Waals surface area contributed by atoms with Crippen LogP contribution in [0.1, 0.15) is 5.56 Å². The molecule has 0 atom stereocenters. The Bertz CT molecular complexity index is 1340. The molecule has 1 heterocycles. The zero-order chi connectivity index (χ0) is 22.0. The second-order valence-corrected chi connectivity index (χ2v) is 9.13. The number of benzene rings is 3. The highest BCUT2D eigenvalue weighted by Crippen LogP contribution is 2.29. The van der Waals surface area contributed by atoms with Crippen LogP contribution in [0, 0.1) is 5.82 Å². The Labute approximate surface area is 180 Å². The number of nitrogens with zero attached hydrogens (tertiary/aromatic N) is 3. The molecular formula is C23H21FN4O2S. The number of anilines is 1. The molecule has 0 radical (unpaired) electrons. The predicted molar refractivity (Wildman–Crippen MR) is 120 cm³/mol. The van der Waals surface area contributed by atoms with Gasteiger partial charge in [0.2, 0.25) is 10.0 Å². The molecule has 8 heteroatoms. The molecule has 158 valence electrons. The Balaban J connectivity index is 1.69. The second-order valence-electron chi connectivity index (χ2n) is 7.08. The first-order valence-electron chi connectivity index (χ1n) is 9.63. The van der Waals surface area contributed by atoms with Crippen LogP contribution in [0.5, 0.6) is 0 Å². The molecular weight excluding hydrogens is 415 g/mol. The van der Waals surface area contributed by atoms with Gasteiger partial charge in [-0.05, 0) is 47.5 Å². The highest BCUT2D eigenvalue weighted by atomic mass is 32.2. The van der Waals surface area contributed by atoms with Gasteiger partial charge in [0.05, 0.1) is 10.4 Å². The Morgan fingerprint density at radius 2 is 1.68 bits per heavy atom. The van der Waals surface area contributed by atoms with Crippen molar-refractivity contribution in [1.82, 2.24) is 14.3 Å². The Hall–Kier alpha value is -3.36. The van der Waals surface area contributed by atoms with Crippen LogP contribution < -0.4 is 5.32 Å². The fourth-order valence-corrected chi connectivity index (χ4v) is 4.58. The Morgan fingerprint density at radius 1 is 0.968 bits per heavy atom. The molecule has 0 aliphatic rings. The Kier molecular flexibility index (Phi) is 5.67. The molecule has 0 aliphatic heterocycles. The van der Waals surface area contributed by atoms with Gasteiger partial charge >= 0.3 is 0 Å². The van der Waals surface area contributed by atoms with Crippen LogP contribution in [0.15, 0.2) is 78.0 Å². The Morgan fingerprint density at radius 3 is 2.42 bits per heavy atom. The van der Waals surface area contributed by atoms with Gasteiger partial charge in [-0.2, -0.15) is 4.31 Å². The van der Waals surface area contributed by atoms with Crippen LogP contribution in [0.2, 0.25) is 0 Å². The fourth-order valence-electron chi connectivity index (χ4n) is 3.41. The minimum absolute atomic E-state index is 0.0879. The van der Waals surface area contributed by atoms with Crippen LogP contribution in [-0.2, 0) is 16.6 Å². The summed E-state index contributed by atoms with van der Waals surface area (Å²) in [5, 5.41) is 3.89. The molecule has 0 aliphatic carbocycles. The van der Waals surface area contributed by atoms with E-state index in [9.17, 15) is 12.8 Å². The maximum absolute atomic E-state index is 14.6. The smallest absolute Gasteiger partial charge is 0.243 e. The number of aromatic nitrogens is 2. The van der Waals surface area contributed by atoms with Crippen LogP contribution in [0.4, 0.5) is 10.2 Å². The van der Waals surface area contributed by atoms with Crippen molar-refractivity contribution in [3.63, 3.8) is 0 Å². The standard InChI is InChI=1S/C23H21FN4O2S/c1-25-23-20-13-17(9-11-22(20)26-15-27-23)16-8-10-21(24)18(12-16)14-28(2)31(29,30)19-6-4-3-5-7-19/h3-13,15H,14H2,1-2H3,(H,25,26,27). The van der Waals surface area contributed by atoms with Crippen molar-refractivity contribution in [2.45, 2.75) is 11.4 Å². The third-order valence-corrected chi connectivity index (χ3v) is 6.91. The summed E-state index contributed by atoms with van der Waals surface area (Å²) >= 11 is 0. The van der Waals surface area contributed by atoms with Crippen molar-refractivity contribution in [2.75, 3.05) is 19.4 Å². The largest absolute Gasteiger partial charge is 0.373 e. The van der Waals surface area contributed by atoms with E-state index in [1.807, 2.05) is 18.2 Å². The molecule has 0 saturated carbocycles. The van der Waals surface area contributed by atoms with Gasteiger partial charge in [-0.1, -0.05) is 30.3 Å². The number of hydrogen-bond acceptors (Lipinski definition) is 5. The summed E-state index contributed by atoms with van der Waals surface area (Å²) in [6, 6.07) is 18.5. The lowest BCUT2D eigenvalue weighted by Crippen LogP contribution is -2.26. The van der Waals surface area contributed by atoms with Gasteiger partial charge in [-0.3, -0.25) is 0 Å². The molecule has 3 aromatic carbocycles. The van der Waals surface area contributed by atoms with E-state index in [0.29, 0.717) is 5.82 Å². The minimum Gasteiger partial charge on any atom is -0.373 e. The fraction of sp³-hybridized carbons (Fsp3) is 0.130. The number of rotatable bonds is 6. The summed E-state index contributed by atoms with van der Waals surface area (Å²) in [4.78, 5) is 8.67. The van der Waals surface area contributed by atoms with Crippen molar-refractivity contribution >= 4 is 26.7 Å². The quantitative estimate of drug-likeness (QED) is 0.488. The maximum atomic E-state index is 14.6. The van der Waals surface area contributed by atoms with Gasteiger partial charge in [0, 0.05) is 31.6 Å². The summed E-state index contributed by atoms with van der Waals surface area (Å²) in [5.41, 5.74) is 2.71. The molecule has 0 unspecified atom stereocenters. The summed E-state index contributed by atoms with van der Waals surface area (Å²) in [6.07, 6.45) is 1.49. The molecule has 31 heavy (non-hydrogen) atoms. The topological polar surface area (TPSA) is 75.2 Å². The number of hydrogen-bond donors (Lipinski definition) is 1. The minimum atomic E-state index is -3.73. The number of sulfonamides is 1. The van der Waals surface area contributed by atoms with Crippen LogP contribution in [-0.4, -0.2) is 36.8 Å². The number of nitrogens with one attached hydrogen (secondary N) is 1. The van der Waals surface area contributed by atoms with Crippen molar-refractivity contribution in [3.8, 4) is 11.1 Å². The van der Waals surface area contributed by atoms with E-state index in [1.54, 1.807) is 37.4 Å². The summed E-state index contributed by atoms with van der Waals surface area (Å²) in [6.45, 7) is -0.0879. The molecule has 0 saturated heterocycles. The van der Waals surface area contributed by atoms with Crippen LogP contribution >= 0.6 is 0 Å². The molecule has 0 bridgehead atoms. The normalized spacial score (nSPS) is 11.7. The SMILES string of the molecule is CNc1ncnc2ccc(-c3ccc(F)c(CN(C)S(=O)(=O)c4ccccc4)c3)cc12. The van der Waals surface area contributed by atoms with Crippen molar-refractivity contribution in [3.05, 3.63) is 84.4 Å². The first-order valence-corrected chi connectivity index (χ1v) is 11.1. The van der Waals surface area contributed by atoms with E-state index in [1.165, 1.54) is 31.6 Å². The van der Waals surface area contributed by atoms with Crippen LogP contribution in [0.3, 0.4) is 0 Å². The first kappa shape index (κ1) is 20.9. The first-order chi connectivity index (χ1) is 14.9. The van der Waals surface area contributed by atoms with E-state index in [4.69, 9.17) is 0 Å². The monoisotopic (exact) mass is 436 g/mol. The third-order valence-electron chi connectivity index (χ3n) is 5.10. The van der Waals surface area contributed by atoms with Gasteiger partial charge in [0.1, 0.15) is 18.0 Å². The molecule has 4 rings (SSSR count). The zero-order valence-electron chi connectivity index (χ0n) is 17.1. The highest BCUT2D eigenvalue weighted by molar-refractivity contribution is 7.89. The number of fused-ring (bicyclic) bond motifs is 1. The molecule has 1 N–H and O–H groups in total. The average Bonchev–Trinajstić information content (AvgIpc) is 2.80.